The average molecular weight is 458 g/mol. The second-order valence-corrected chi connectivity index (χ2v) is 7.48. The van der Waals surface area contributed by atoms with Crippen LogP contribution in [-0.2, 0) is 6.54 Å². The summed E-state index contributed by atoms with van der Waals surface area (Å²) in [4.78, 5) is 28.7. The first-order chi connectivity index (χ1) is 16.6. The Morgan fingerprint density at radius 1 is 1.12 bits per heavy atom. The average Bonchev–Trinajstić information content (AvgIpc) is 3.51. The summed E-state index contributed by atoms with van der Waals surface area (Å²) in [5.74, 6) is 1.25. The van der Waals surface area contributed by atoms with E-state index < -0.39 is 5.91 Å². The summed E-state index contributed by atoms with van der Waals surface area (Å²) < 4.78 is 12.4. The fourth-order valence-corrected chi connectivity index (χ4v) is 3.71. The van der Waals surface area contributed by atoms with E-state index in [1.54, 1.807) is 55.5 Å². The number of carbonyl (C=O) groups is 1. The van der Waals surface area contributed by atoms with Gasteiger partial charge < -0.3 is 30.8 Å². The molecule has 5 N–H and O–H groups in total. The van der Waals surface area contributed by atoms with Crippen LogP contribution in [0.2, 0.25) is 0 Å². The van der Waals surface area contributed by atoms with Crippen LogP contribution in [0.15, 0.2) is 55.1 Å². The molecule has 34 heavy (non-hydrogen) atoms. The van der Waals surface area contributed by atoms with E-state index in [0.29, 0.717) is 35.3 Å². The molecular formula is C23H22N8O3. The summed E-state index contributed by atoms with van der Waals surface area (Å²) in [5.41, 5.74) is 9.73. The molecule has 3 aromatic heterocycles. The first-order valence-electron chi connectivity index (χ1n) is 10.4. The predicted molar refractivity (Wildman–Crippen MR) is 128 cm³/mol. The zero-order chi connectivity index (χ0) is 23.7. The van der Waals surface area contributed by atoms with Gasteiger partial charge in [-0.1, -0.05) is 6.07 Å². The smallest absolute Gasteiger partial charge is 0.256 e. The third kappa shape index (κ3) is 3.90. The molecule has 3 heterocycles. The molecule has 0 saturated heterocycles. The van der Waals surface area contributed by atoms with E-state index in [1.165, 1.54) is 0 Å². The van der Waals surface area contributed by atoms with Gasteiger partial charge in [-0.15, -0.1) is 0 Å². The Kier molecular flexibility index (Phi) is 5.34. The van der Waals surface area contributed by atoms with Crippen LogP contribution < -0.4 is 25.8 Å². The highest BCUT2D eigenvalue weighted by molar-refractivity contribution is 6.04. The van der Waals surface area contributed by atoms with Crippen molar-refractivity contribution >= 4 is 40.0 Å². The van der Waals surface area contributed by atoms with Gasteiger partial charge >= 0.3 is 0 Å². The number of benzene rings is 2. The molecule has 11 nitrogen and oxygen atoms in total. The van der Waals surface area contributed by atoms with E-state index in [0.717, 1.165) is 16.6 Å². The van der Waals surface area contributed by atoms with Crippen molar-refractivity contribution in [2.75, 3.05) is 24.9 Å². The van der Waals surface area contributed by atoms with Gasteiger partial charge in [0.25, 0.3) is 5.91 Å². The molecule has 0 unspecified atom stereocenters. The van der Waals surface area contributed by atoms with Gasteiger partial charge in [-0.25, -0.2) is 9.97 Å². The van der Waals surface area contributed by atoms with Gasteiger partial charge in [0.1, 0.15) is 17.1 Å². The van der Waals surface area contributed by atoms with Crippen LogP contribution in [0.5, 0.6) is 11.5 Å². The molecule has 0 fully saturated rings. The number of ether oxygens (including phenoxy) is 2. The van der Waals surface area contributed by atoms with Crippen molar-refractivity contribution in [2.24, 2.45) is 5.73 Å². The number of imidazole rings is 2. The number of fused-ring (bicyclic) bond motifs is 2. The molecule has 1 amide bonds. The van der Waals surface area contributed by atoms with Crippen LogP contribution in [-0.4, -0.2) is 44.5 Å². The van der Waals surface area contributed by atoms with Crippen LogP contribution in [0, 0.1) is 0 Å². The number of carbonyl (C=O) groups excluding carboxylic acids is 1. The predicted octanol–water partition coefficient (Wildman–Crippen LogP) is 3.08. The minimum absolute atomic E-state index is 0.163. The summed E-state index contributed by atoms with van der Waals surface area (Å²) in [6.07, 6.45) is 4.96. The van der Waals surface area contributed by atoms with Gasteiger partial charge in [0.05, 0.1) is 31.6 Å². The van der Waals surface area contributed by atoms with Gasteiger partial charge in [0.15, 0.2) is 11.5 Å². The fourth-order valence-electron chi connectivity index (χ4n) is 3.71. The summed E-state index contributed by atoms with van der Waals surface area (Å²) in [6, 6.07) is 11.2. The van der Waals surface area contributed by atoms with Crippen LogP contribution in [0.1, 0.15) is 15.9 Å². The van der Waals surface area contributed by atoms with Gasteiger partial charge in [-0.2, -0.15) is 4.98 Å². The topological polar surface area (TPSA) is 144 Å². The highest BCUT2D eigenvalue weighted by Gasteiger charge is 2.20. The molecule has 0 aliphatic rings. The molecule has 2 aromatic carbocycles. The molecule has 172 valence electrons. The Morgan fingerprint density at radius 3 is 2.65 bits per heavy atom. The van der Waals surface area contributed by atoms with Crippen molar-refractivity contribution in [1.82, 2.24) is 24.3 Å². The number of rotatable bonds is 8. The van der Waals surface area contributed by atoms with Crippen molar-refractivity contribution in [3.8, 4) is 11.5 Å². The maximum absolute atomic E-state index is 12.4. The largest absolute Gasteiger partial charge is 0.497 e. The van der Waals surface area contributed by atoms with Crippen molar-refractivity contribution in [3.63, 3.8) is 0 Å². The van der Waals surface area contributed by atoms with Crippen LogP contribution >= 0.6 is 0 Å². The highest BCUT2D eigenvalue weighted by atomic mass is 16.5. The van der Waals surface area contributed by atoms with Crippen molar-refractivity contribution in [3.05, 3.63) is 66.2 Å². The molecule has 0 atom stereocenters. The van der Waals surface area contributed by atoms with E-state index in [1.807, 2.05) is 18.2 Å². The Hall–Kier alpha value is -4.80. The summed E-state index contributed by atoms with van der Waals surface area (Å²) >= 11 is 0. The third-order valence-electron chi connectivity index (χ3n) is 5.34. The Labute approximate surface area is 194 Å². The van der Waals surface area contributed by atoms with Gasteiger partial charge in [-0.05, 0) is 17.7 Å². The third-order valence-corrected chi connectivity index (χ3v) is 5.34. The number of nitrogens with one attached hydrogen (secondary N) is 3. The number of nitrogens with two attached hydrogens (primary N) is 1. The van der Waals surface area contributed by atoms with Crippen molar-refractivity contribution in [1.29, 1.82) is 0 Å². The molecule has 5 rings (SSSR count). The number of aromatic amines is 1. The van der Waals surface area contributed by atoms with E-state index in [2.05, 4.69) is 30.6 Å². The maximum atomic E-state index is 12.4. The number of H-pyrrole nitrogens is 1. The van der Waals surface area contributed by atoms with Crippen LogP contribution in [0.25, 0.3) is 16.7 Å². The first-order valence-corrected chi connectivity index (χ1v) is 10.4. The summed E-state index contributed by atoms with van der Waals surface area (Å²) in [6.45, 7) is 0.484. The van der Waals surface area contributed by atoms with Gasteiger partial charge in [0.2, 0.25) is 5.95 Å². The zero-order valence-corrected chi connectivity index (χ0v) is 18.5. The molecule has 0 radical (unpaired) electrons. The lowest BCUT2D eigenvalue weighted by atomic mass is 10.2. The molecule has 0 aliphatic heterocycles. The molecular weight excluding hydrogens is 436 g/mol. The first kappa shape index (κ1) is 21.1. The van der Waals surface area contributed by atoms with Crippen LogP contribution in [0.3, 0.4) is 0 Å². The second kappa shape index (κ2) is 8.62. The zero-order valence-electron chi connectivity index (χ0n) is 18.5. The monoisotopic (exact) mass is 458 g/mol. The highest BCUT2D eigenvalue weighted by Crippen LogP contribution is 2.30. The van der Waals surface area contributed by atoms with Gasteiger partial charge in [-0.3, -0.25) is 9.20 Å². The number of nitrogens with zero attached hydrogens (tertiary/aromatic N) is 4. The quantitative estimate of drug-likeness (QED) is 0.278. The van der Waals surface area contributed by atoms with Crippen molar-refractivity contribution < 1.29 is 14.3 Å². The van der Waals surface area contributed by atoms with E-state index >= 15 is 0 Å². The second-order valence-electron chi connectivity index (χ2n) is 7.48. The number of anilines is 3. The van der Waals surface area contributed by atoms with Crippen LogP contribution in [0.4, 0.5) is 17.5 Å². The number of aromatic nitrogens is 5. The molecule has 0 bridgehead atoms. The van der Waals surface area contributed by atoms with Gasteiger partial charge in [0, 0.05) is 42.8 Å². The number of hydrogen-bond donors (Lipinski definition) is 4. The molecule has 0 aliphatic carbocycles. The minimum atomic E-state index is -0.655. The maximum Gasteiger partial charge on any atom is 0.256 e. The lowest BCUT2D eigenvalue weighted by Crippen LogP contribution is -2.18. The fraction of sp³-hybridized carbons (Fsp3) is 0.130. The lowest BCUT2D eigenvalue weighted by molar-refractivity contribution is 0.100. The number of amides is 1. The summed E-state index contributed by atoms with van der Waals surface area (Å²) in [7, 11) is 3.12. The number of hydrogen-bond acceptors (Lipinski definition) is 8. The number of primary amides is 1. The number of methoxy groups -OCH3 is 2. The van der Waals surface area contributed by atoms with E-state index in [-0.39, 0.29) is 11.4 Å². The Morgan fingerprint density at radius 2 is 1.91 bits per heavy atom. The lowest BCUT2D eigenvalue weighted by Gasteiger charge is -2.16. The van der Waals surface area contributed by atoms with Crippen molar-refractivity contribution in [2.45, 2.75) is 6.54 Å². The normalized spacial score (nSPS) is 11.0. The molecule has 0 spiro atoms. The molecule has 0 saturated carbocycles. The molecule has 5 aromatic rings. The Bertz CT molecular complexity index is 1480. The summed E-state index contributed by atoms with van der Waals surface area (Å²) in [5, 5.41) is 6.49. The Balaban J connectivity index is 1.53. The SMILES string of the molecule is COc1cc(Nc2nc(NCc3ccc4nc[nH]c4c3)n3ccnc3c2C(N)=O)cc(OC)c1. The van der Waals surface area contributed by atoms with E-state index in [9.17, 15) is 4.79 Å². The molecule has 11 heteroatoms. The van der Waals surface area contributed by atoms with E-state index in [4.69, 9.17) is 15.2 Å². The standard InChI is InChI=1S/C23H22N8O3/c1-33-15-8-14(9-16(10-15)34-2)29-21-19(20(24)32)22-25-5-6-31(22)23(30-21)26-11-13-3-4-17-18(7-13)28-12-27-17/h3-10,12,29H,11H2,1-2H3,(H2,24,32)(H,26,30)(H,27,28). The minimum Gasteiger partial charge on any atom is -0.497 e.